The fourth-order valence-electron chi connectivity index (χ4n) is 2.44. The van der Waals surface area contributed by atoms with E-state index in [1.807, 2.05) is 6.07 Å². The summed E-state index contributed by atoms with van der Waals surface area (Å²) >= 11 is 0. The van der Waals surface area contributed by atoms with Gasteiger partial charge in [0.15, 0.2) is 0 Å². The van der Waals surface area contributed by atoms with E-state index in [0.717, 1.165) is 5.56 Å². The van der Waals surface area contributed by atoms with E-state index < -0.39 is 0 Å². The van der Waals surface area contributed by atoms with Crippen molar-refractivity contribution in [3.05, 3.63) is 71.0 Å². The molecule has 0 radical (unpaired) electrons. The first-order valence-corrected chi connectivity index (χ1v) is 6.71. The van der Waals surface area contributed by atoms with Crippen LogP contribution in [0.4, 0.5) is 8.78 Å². The van der Waals surface area contributed by atoms with Gasteiger partial charge in [0.1, 0.15) is 23.0 Å². The van der Waals surface area contributed by atoms with E-state index in [4.69, 9.17) is 4.42 Å². The summed E-state index contributed by atoms with van der Waals surface area (Å²) in [5.74, 6) is 0.0634. The van der Waals surface area contributed by atoms with Crippen LogP contribution in [-0.4, -0.2) is 7.05 Å². The fraction of sp³-hybridized carbons (Fsp3) is 0.176. The topological polar surface area (TPSA) is 25.2 Å². The van der Waals surface area contributed by atoms with Crippen LogP contribution < -0.4 is 5.32 Å². The largest absolute Gasteiger partial charge is 0.459 e. The van der Waals surface area contributed by atoms with Crippen molar-refractivity contribution in [3.8, 4) is 0 Å². The maximum Gasteiger partial charge on any atom is 0.134 e. The second-order valence-corrected chi connectivity index (χ2v) is 5.06. The number of benzene rings is 2. The zero-order valence-electron chi connectivity index (χ0n) is 11.8. The van der Waals surface area contributed by atoms with Gasteiger partial charge in [-0.2, -0.15) is 0 Å². The van der Waals surface area contributed by atoms with Crippen LogP contribution in [0.25, 0.3) is 11.0 Å². The molecular weight excluding hydrogens is 272 g/mol. The molecule has 1 aromatic heterocycles. The number of hydrogen-bond acceptors (Lipinski definition) is 2. The van der Waals surface area contributed by atoms with Crippen molar-refractivity contribution in [2.75, 3.05) is 7.05 Å². The molecule has 0 saturated heterocycles. The van der Waals surface area contributed by atoms with Gasteiger partial charge >= 0.3 is 0 Å². The highest BCUT2D eigenvalue weighted by molar-refractivity contribution is 5.78. The number of furan rings is 1. The van der Waals surface area contributed by atoms with Crippen molar-refractivity contribution in [1.29, 1.82) is 0 Å². The van der Waals surface area contributed by atoms with Gasteiger partial charge in [0, 0.05) is 5.39 Å². The molecule has 108 valence electrons. The van der Waals surface area contributed by atoms with Crippen molar-refractivity contribution in [2.24, 2.45) is 0 Å². The summed E-state index contributed by atoms with van der Waals surface area (Å²) < 4.78 is 32.7. The van der Waals surface area contributed by atoms with Crippen molar-refractivity contribution in [3.63, 3.8) is 0 Å². The third-order valence-corrected chi connectivity index (χ3v) is 3.60. The Labute approximate surface area is 121 Å². The molecule has 0 aliphatic heterocycles. The van der Waals surface area contributed by atoms with Gasteiger partial charge in [-0.05, 0) is 55.4 Å². The minimum Gasteiger partial charge on any atom is -0.459 e. The van der Waals surface area contributed by atoms with Gasteiger partial charge in [0.05, 0.1) is 6.04 Å². The molecule has 1 N–H and O–H groups in total. The fourth-order valence-corrected chi connectivity index (χ4v) is 2.44. The lowest BCUT2D eigenvalue weighted by Crippen LogP contribution is -2.17. The van der Waals surface area contributed by atoms with E-state index in [0.29, 0.717) is 22.3 Å². The Morgan fingerprint density at radius 1 is 1.05 bits per heavy atom. The van der Waals surface area contributed by atoms with Gasteiger partial charge < -0.3 is 9.73 Å². The molecule has 0 aliphatic carbocycles. The van der Waals surface area contributed by atoms with Gasteiger partial charge in [-0.1, -0.05) is 12.1 Å². The minimum atomic E-state index is -0.308. The van der Waals surface area contributed by atoms with Gasteiger partial charge in [-0.3, -0.25) is 0 Å². The molecule has 0 aliphatic rings. The molecule has 2 nitrogen and oxygen atoms in total. The SMILES string of the molecule is CNC(c1ccc(C)c(F)c1)c1cc2cc(F)ccc2o1. The standard InChI is InChI=1S/C17H15F2NO/c1-10-3-4-11(8-14(10)19)17(20-2)16-9-12-7-13(18)5-6-15(12)21-16/h3-9,17,20H,1-2H3. The summed E-state index contributed by atoms with van der Waals surface area (Å²) in [5.41, 5.74) is 1.97. The predicted molar refractivity (Wildman–Crippen MR) is 78.2 cm³/mol. The van der Waals surface area contributed by atoms with Crippen molar-refractivity contribution >= 4 is 11.0 Å². The molecule has 0 fully saturated rings. The van der Waals surface area contributed by atoms with Gasteiger partial charge in [-0.25, -0.2) is 8.78 Å². The van der Waals surface area contributed by atoms with Crippen LogP contribution in [0.15, 0.2) is 46.9 Å². The summed E-state index contributed by atoms with van der Waals surface area (Å²) in [7, 11) is 1.77. The smallest absolute Gasteiger partial charge is 0.134 e. The average Bonchev–Trinajstić information content (AvgIpc) is 2.86. The Balaban J connectivity index is 2.06. The third-order valence-electron chi connectivity index (χ3n) is 3.60. The van der Waals surface area contributed by atoms with Crippen LogP contribution in [0, 0.1) is 18.6 Å². The molecule has 21 heavy (non-hydrogen) atoms. The first kappa shape index (κ1) is 13.8. The van der Waals surface area contributed by atoms with E-state index in [1.165, 1.54) is 18.2 Å². The average molecular weight is 287 g/mol. The highest BCUT2D eigenvalue weighted by atomic mass is 19.1. The molecular formula is C17H15F2NO. The molecule has 1 unspecified atom stereocenters. The van der Waals surface area contributed by atoms with Crippen LogP contribution in [0.5, 0.6) is 0 Å². The maximum atomic E-state index is 13.7. The van der Waals surface area contributed by atoms with Crippen LogP contribution >= 0.6 is 0 Å². The van der Waals surface area contributed by atoms with Crippen molar-refractivity contribution in [2.45, 2.75) is 13.0 Å². The van der Waals surface area contributed by atoms with E-state index >= 15 is 0 Å². The van der Waals surface area contributed by atoms with Gasteiger partial charge in [0.25, 0.3) is 0 Å². The second-order valence-electron chi connectivity index (χ2n) is 5.06. The molecule has 0 bridgehead atoms. The lowest BCUT2D eigenvalue weighted by molar-refractivity contribution is 0.489. The van der Waals surface area contributed by atoms with E-state index in [-0.39, 0.29) is 17.7 Å². The Morgan fingerprint density at radius 3 is 2.57 bits per heavy atom. The Morgan fingerprint density at radius 2 is 1.86 bits per heavy atom. The molecule has 3 aromatic rings. The van der Waals surface area contributed by atoms with Crippen LogP contribution in [0.2, 0.25) is 0 Å². The number of nitrogens with one attached hydrogen (secondary N) is 1. The number of rotatable bonds is 3. The summed E-state index contributed by atoms with van der Waals surface area (Å²) in [5, 5.41) is 3.80. The predicted octanol–water partition coefficient (Wildman–Crippen LogP) is 4.33. The zero-order chi connectivity index (χ0) is 15.0. The molecule has 0 spiro atoms. The van der Waals surface area contributed by atoms with Crippen LogP contribution in [0.1, 0.15) is 22.9 Å². The van der Waals surface area contributed by atoms with E-state index in [2.05, 4.69) is 5.32 Å². The van der Waals surface area contributed by atoms with Crippen LogP contribution in [-0.2, 0) is 0 Å². The highest BCUT2D eigenvalue weighted by Crippen LogP contribution is 2.29. The summed E-state index contributed by atoms with van der Waals surface area (Å²) in [6.45, 7) is 1.72. The lowest BCUT2D eigenvalue weighted by Gasteiger charge is -2.14. The third kappa shape index (κ3) is 2.54. The molecule has 2 aromatic carbocycles. The Kier molecular flexibility index (Phi) is 3.47. The number of hydrogen-bond donors (Lipinski definition) is 1. The van der Waals surface area contributed by atoms with E-state index in [9.17, 15) is 8.78 Å². The normalized spacial score (nSPS) is 12.8. The van der Waals surface area contributed by atoms with Crippen LogP contribution in [0.3, 0.4) is 0 Å². The molecule has 1 atom stereocenters. The van der Waals surface area contributed by atoms with Gasteiger partial charge in [-0.15, -0.1) is 0 Å². The zero-order valence-corrected chi connectivity index (χ0v) is 11.8. The molecule has 0 saturated carbocycles. The van der Waals surface area contributed by atoms with E-state index in [1.54, 1.807) is 32.2 Å². The summed E-state index contributed by atoms with van der Waals surface area (Å²) in [4.78, 5) is 0. The van der Waals surface area contributed by atoms with Crippen molar-refractivity contribution in [1.82, 2.24) is 5.32 Å². The molecule has 1 heterocycles. The minimum absolute atomic E-state index is 0.255. The van der Waals surface area contributed by atoms with Crippen molar-refractivity contribution < 1.29 is 13.2 Å². The molecule has 4 heteroatoms. The number of halogens is 2. The summed E-state index contributed by atoms with van der Waals surface area (Å²) in [6.07, 6.45) is 0. The molecule has 0 amide bonds. The highest BCUT2D eigenvalue weighted by Gasteiger charge is 2.18. The monoisotopic (exact) mass is 287 g/mol. The first-order valence-electron chi connectivity index (χ1n) is 6.71. The van der Waals surface area contributed by atoms with Gasteiger partial charge in [0.2, 0.25) is 0 Å². The summed E-state index contributed by atoms with van der Waals surface area (Å²) in [6, 6.07) is 10.9. The Hall–Kier alpha value is -2.20. The Bertz CT molecular complexity index is 795. The molecule has 3 rings (SSSR count). The number of fused-ring (bicyclic) bond motifs is 1. The number of aryl methyl sites for hydroxylation is 1. The quantitative estimate of drug-likeness (QED) is 0.775. The second kappa shape index (κ2) is 5.30. The first-order chi connectivity index (χ1) is 10.1. The lowest BCUT2D eigenvalue weighted by atomic mass is 10.0. The maximum absolute atomic E-state index is 13.7.